The summed E-state index contributed by atoms with van der Waals surface area (Å²) in [5, 5.41) is 6.68. The van der Waals surface area contributed by atoms with Gasteiger partial charge in [-0.2, -0.15) is 0 Å². The Bertz CT molecular complexity index is 2780. The number of nitrogens with zero attached hydrogens (tertiary/aromatic N) is 2. The van der Waals surface area contributed by atoms with Crippen molar-refractivity contribution in [3.8, 4) is 0 Å². The lowest BCUT2D eigenvalue weighted by atomic mass is 10.0. The molecule has 0 spiro atoms. The summed E-state index contributed by atoms with van der Waals surface area (Å²) >= 11 is 0. The zero-order valence-corrected chi connectivity index (χ0v) is 27.0. The molecule has 0 N–H and O–H groups in total. The molecule has 0 unspecified atom stereocenters. The van der Waals surface area contributed by atoms with E-state index in [9.17, 15) is 0 Å². The Morgan fingerprint density at radius 1 is 0.300 bits per heavy atom. The van der Waals surface area contributed by atoms with Crippen LogP contribution >= 0.6 is 0 Å². The normalized spacial score (nSPS) is 11.6. The molecule has 0 saturated heterocycles. The average Bonchev–Trinajstić information content (AvgIpc) is 3.75. The van der Waals surface area contributed by atoms with Crippen LogP contribution in [0.15, 0.2) is 191 Å². The number of para-hydroxylation sites is 5. The van der Waals surface area contributed by atoms with Crippen molar-refractivity contribution in [3.63, 3.8) is 0 Å². The van der Waals surface area contributed by atoms with Crippen molar-refractivity contribution in [2.45, 2.75) is 0 Å². The van der Waals surface area contributed by atoms with E-state index in [-0.39, 0.29) is 0 Å². The molecule has 0 atom stereocenters. The lowest BCUT2D eigenvalue weighted by Gasteiger charge is -2.27. The molecule has 10 rings (SSSR count). The standard InChI is InChI=1S/C46H30N2O2/c1-4-15-31(16-5-1)47(32-17-6-2-7-18-32)41-30-44-45(37-23-11-10-21-35(37)41)39-28-27-34(29-43(39)49-44)48(33-19-8-3-9-20-33)40-25-14-24-38-36-22-12-13-26-42(36)50-46(38)40/h1-30H. The smallest absolute Gasteiger partial charge is 0.159 e. The van der Waals surface area contributed by atoms with Crippen molar-refractivity contribution in [3.05, 3.63) is 182 Å². The van der Waals surface area contributed by atoms with E-state index in [1.807, 2.05) is 18.2 Å². The highest BCUT2D eigenvalue weighted by atomic mass is 16.3. The van der Waals surface area contributed by atoms with Gasteiger partial charge in [-0.15, -0.1) is 0 Å². The maximum absolute atomic E-state index is 6.84. The molecular formula is C46H30N2O2. The van der Waals surface area contributed by atoms with Gasteiger partial charge in [0, 0.05) is 56.1 Å². The van der Waals surface area contributed by atoms with E-state index in [0.717, 1.165) is 88.8 Å². The highest BCUT2D eigenvalue weighted by Gasteiger charge is 2.23. The first-order valence-electron chi connectivity index (χ1n) is 16.9. The van der Waals surface area contributed by atoms with E-state index in [2.05, 4.69) is 174 Å². The van der Waals surface area contributed by atoms with Crippen LogP contribution in [-0.2, 0) is 0 Å². The van der Waals surface area contributed by atoms with Gasteiger partial charge in [-0.25, -0.2) is 0 Å². The topological polar surface area (TPSA) is 32.8 Å². The monoisotopic (exact) mass is 642 g/mol. The van der Waals surface area contributed by atoms with Crippen LogP contribution in [0.3, 0.4) is 0 Å². The number of anilines is 6. The molecule has 0 bridgehead atoms. The quantitative estimate of drug-likeness (QED) is 0.181. The Hall–Kier alpha value is -6.78. The van der Waals surface area contributed by atoms with Crippen LogP contribution in [0.5, 0.6) is 0 Å². The average molecular weight is 643 g/mol. The molecule has 4 heteroatoms. The fraction of sp³-hybridized carbons (Fsp3) is 0. The molecule has 2 aromatic heterocycles. The summed E-state index contributed by atoms with van der Waals surface area (Å²) in [4.78, 5) is 4.57. The maximum Gasteiger partial charge on any atom is 0.159 e. The Morgan fingerprint density at radius 2 is 0.860 bits per heavy atom. The second-order valence-electron chi connectivity index (χ2n) is 12.5. The first-order valence-corrected chi connectivity index (χ1v) is 16.9. The van der Waals surface area contributed by atoms with Crippen molar-refractivity contribution in [1.82, 2.24) is 0 Å². The van der Waals surface area contributed by atoms with E-state index < -0.39 is 0 Å². The third kappa shape index (κ3) is 4.46. The van der Waals surface area contributed by atoms with Gasteiger partial charge in [0.15, 0.2) is 5.58 Å². The molecule has 2 heterocycles. The fourth-order valence-corrected chi connectivity index (χ4v) is 7.43. The molecule has 0 aliphatic rings. The van der Waals surface area contributed by atoms with Gasteiger partial charge in [0.1, 0.15) is 16.7 Å². The Labute approximate surface area is 288 Å². The minimum Gasteiger partial charge on any atom is -0.456 e. The van der Waals surface area contributed by atoms with E-state index >= 15 is 0 Å². The maximum atomic E-state index is 6.84. The minimum atomic E-state index is 0.823. The van der Waals surface area contributed by atoms with Crippen molar-refractivity contribution in [1.29, 1.82) is 0 Å². The molecule has 0 aliphatic heterocycles. The van der Waals surface area contributed by atoms with Crippen LogP contribution < -0.4 is 9.80 Å². The second kappa shape index (κ2) is 11.4. The third-order valence-electron chi connectivity index (χ3n) is 9.61. The summed E-state index contributed by atoms with van der Waals surface area (Å²) in [6.45, 7) is 0. The number of fused-ring (bicyclic) bond motifs is 8. The highest BCUT2D eigenvalue weighted by Crippen LogP contribution is 2.47. The summed E-state index contributed by atoms with van der Waals surface area (Å²) < 4.78 is 13.4. The highest BCUT2D eigenvalue weighted by molar-refractivity contribution is 6.23. The zero-order chi connectivity index (χ0) is 33.0. The van der Waals surface area contributed by atoms with E-state index in [1.165, 1.54) is 0 Å². The predicted octanol–water partition coefficient (Wildman–Crippen LogP) is 13.6. The molecule has 0 aliphatic carbocycles. The first kappa shape index (κ1) is 28.3. The lowest BCUT2D eigenvalue weighted by molar-refractivity contribution is 0.667. The largest absolute Gasteiger partial charge is 0.456 e. The number of rotatable bonds is 6. The van der Waals surface area contributed by atoms with Crippen LogP contribution in [0.25, 0.3) is 54.6 Å². The van der Waals surface area contributed by atoms with Gasteiger partial charge in [0.25, 0.3) is 0 Å². The number of hydrogen-bond acceptors (Lipinski definition) is 4. The minimum absolute atomic E-state index is 0.823. The van der Waals surface area contributed by atoms with Crippen LogP contribution in [0.2, 0.25) is 0 Å². The zero-order valence-electron chi connectivity index (χ0n) is 27.0. The number of furan rings is 2. The molecule has 8 aromatic carbocycles. The summed E-state index contributed by atoms with van der Waals surface area (Å²) in [5.74, 6) is 0. The van der Waals surface area contributed by atoms with Gasteiger partial charge in [0.2, 0.25) is 0 Å². The van der Waals surface area contributed by atoms with Gasteiger partial charge in [-0.3, -0.25) is 0 Å². The van der Waals surface area contributed by atoms with Gasteiger partial charge < -0.3 is 18.6 Å². The van der Waals surface area contributed by atoms with E-state index in [4.69, 9.17) is 8.83 Å². The second-order valence-corrected chi connectivity index (χ2v) is 12.5. The van der Waals surface area contributed by atoms with Crippen LogP contribution in [-0.4, -0.2) is 0 Å². The van der Waals surface area contributed by atoms with Gasteiger partial charge in [-0.1, -0.05) is 109 Å². The fourth-order valence-electron chi connectivity index (χ4n) is 7.43. The molecule has 0 fully saturated rings. The van der Waals surface area contributed by atoms with Crippen molar-refractivity contribution in [2.24, 2.45) is 0 Å². The van der Waals surface area contributed by atoms with Crippen LogP contribution in [0.4, 0.5) is 34.1 Å². The van der Waals surface area contributed by atoms with Crippen molar-refractivity contribution in [2.75, 3.05) is 9.80 Å². The van der Waals surface area contributed by atoms with Gasteiger partial charge >= 0.3 is 0 Å². The Kier molecular flexibility index (Phi) is 6.46. The lowest BCUT2D eigenvalue weighted by Crippen LogP contribution is -2.10. The van der Waals surface area contributed by atoms with Crippen LogP contribution in [0.1, 0.15) is 0 Å². The molecule has 50 heavy (non-hydrogen) atoms. The van der Waals surface area contributed by atoms with Gasteiger partial charge in [-0.05, 0) is 66.0 Å². The SMILES string of the molecule is c1ccc(N(c2ccccc2)c2cc3oc4cc(N(c5ccccc5)c5cccc6c5oc5ccccc56)ccc4c3c3ccccc23)cc1. The molecular weight excluding hydrogens is 613 g/mol. The van der Waals surface area contributed by atoms with Gasteiger partial charge in [0.05, 0.1) is 17.1 Å². The van der Waals surface area contributed by atoms with Crippen molar-refractivity contribution < 1.29 is 8.83 Å². The molecule has 4 nitrogen and oxygen atoms in total. The summed E-state index contributed by atoms with van der Waals surface area (Å²) in [6, 6.07) is 63.4. The molecule has 0 radical (unpaired) electrons. The van der Waals surface area contributed by atoms with Crippen molar-refractivity contribution >= 4 is 88.8 Å². The molecule has 236 valence electrons. The Balaban J connectivity index is 1.20. The van der Waals surface area contributed by atoms with E-state index in [1.54, 1.807) is 0 Å². The summed E-state index contributed by atoms with van der Waals surface area (Å²) in [5.41, 5.74) is 9.59. The van der Waals surface area contributed by atoms with E-state index in [0.29, 0.717) is 0 Å². The Morgan fingerprint density at radius 3 is 1.54 bits per heavy atom. The summed E-state index contributed by atoms with van der Waals surface area (Å²) in [7, 11) is 0. The molecule has 0 amide bonds. The third-order valence-corrected chi connectivity index (χ3v) is 9.61. The molecule has 10 aromatic rings. The number of benzene rings is 8. The summed E-state index contributed by atoms with van der Waals surface area (Å²) in [6.07, 6.45) is 0. The predicted molar refractivity (Wildman–Crippen MR) is 208 cm³/mol. The number of hydrogen-bond donors (Lipinski definition) is 0. The molecule has 0 saturated carbocycles. The first-order chi connectivity index (χ1) is 24.8. The van der Waals surface area contributed by atoms with Crippen LogP contribution in [0, 0.1) is 0 Å².